The minimum atomic E-state index is 0. The van der Waals surface area contributed by atoms with Gasteiger partial charge < -0.3 is 4.74 Å². The first-order chi connectivity index (χ1) is 6.84. The van der Waals surface area contributed by atoms with Crippen LogP contribution in [0, 0.1) is 13.0 Å². The van der Waals surface area contributed by atoms with E-state index in [4.69, 9.17) is 11.7 Å². The first-order valence-electron chi connectivity index (χ1n) is 4.22. The van der Waals surface area contributed by atoms with Crippen LogP contribution in [0.4, 0.5) is 0 Å². The Morgan fingerprint density at radius 2 is 2.00 bits per heavy atom. The van der Waals surface area contributed by atoms with Crippen molar-refractivity contribution in [1.29, 1.82) is 0 Å². The Morgan fingerprint density at radius 1 is 1.13 bits per heavy atom. The van der Waals surface area contributed by atoms with Gasteiger partial charge in [0.2, 0.25) is 5.88 Å². The zero-order chi connectivity index (χ0) is 9.80. The second-order valence-electron chi connectivity index (χ2n) is 2.73. The van der Waals surface area contributed by atoms with E-state index >= 15 is 0 Å². The molecular weight excluding hydrogens is 219 g/mol. The van der Waals surface area contributed by atoms with Crippen LogP contribution in [0.1, 0.15) is 5.69 Å². The Labute approximate surface area is 108 Å². The van der Waals surface area contributed by atoms with Crippen molar-refractivity contribution in [3.63, 3.8) is 0 Å². The van der Waals surface area contributed by atoms with Crippen LogP contribution >= 0.6 is 0 Å². The monoisotopic (exact) mass is 227 g/mol. The van der Waals surface area contributed by atoms with Gasteiger partial charge in [-0.25, -0.2) is 4.98 Å². The molecule has 1 aromatic heterocycles. The van der Waals surface area contributed by atoms with Gasteiger partial charge in [0.05, 0.1) is 0 Å². The Balaban J connectivity index is 0.00000112. The molecule has 3 radical (unpaired) electrons. The third kappa shape index (κ3) is 3.59. The molecule has 0 amide bonds. The normalized spacial score (nSPS) is 9.13. The average molecular weight is 227 g/mol. The molecule has 0 unspecified atom stereocenters. The van der Waals surface area contributed by atoms with Crippen LogP contribution in [0.15, 0.2) is 42.5 Å². The Morgan fingerprint density at radius 3 is 2.67 bits per heavy atom. The molecule has 0 bridgehead atoms. The fourth-order valence-corrected chi connectivity index (χ4v) is 1.04. The van der Waals surface area contributed by atoms with Crippen molar-refractivity contribution in [2.45, 2.75) is 0 Å². The molecule has 2 rings (SSSR count). The van der Waals surface area contributed by atoms with E-state index in [1.165, 1.54) is 0 Å². The van der Waals surface area contributed by atoms with E-state index < -0.39 is 0 Å². The van der Waals surface area contributed by atoms with E-state index in [2.05, 4.69) is 11.1 Å². The number of nitrogens with zero attached hydrogens (tertiary/aromatic N) is 1. The Bertz CT molecular complexity index is 417. The number of pyridine rings is 1. The number of hydrogen-bond acceptors (Lipinski definition) is 2. The smallest absolute Gasteiger partial charge is 0.216 e. The van der Waals surface area contributed by atoms with Crippen molar-refractivity contribution in [3.05, 3.63) is 61.1 Å². The van der Waals surface area contributed by atoms with Gasteiger partial charge in [-0.15, -0.1) is 12.1 Å². The average Bonchev–Trinajstić information content (AvgIpc) is 2.19. The second kappa shape index (κ2) is 5.81. The molecule has 71 valence electrons. The summed E-state index contributed by atoms with van der Waals surface area (Å²) in [6.07, 6.45) is 0. The number of ether oxygens (including phenoxy) is 1. The van der Waals surface area contributed by atoms with Gasteiger partial charge in [0.15, 0.2) is 0 Å². The summed E-state index contributed by atoms with van der Waals surface area (Å²) in [5.41, 5.74) is 0.443. The summed E-state index contributed by atoms with van der Waals surface area (Å²) in [5.74, 6) is 1.11. The van der Waals surface area contributed by atoms with Crippen LogP contribution in [-0.2, 0) is 25.8 Å². The molecule has 0 aliphatic heterocycles. The van der Waals surface area contributed by atoms with Crippen LogP contribution in [-0.4, -0.2) is 4.98 Å². The molecule has 2 aromatic rings. The predicted octanol–water partition coefficient (Wildman–Crippen LogP) is 2.73. The van der Waals surface area contributed by atoms with Gasteiger partial charge in [-0.2, -0.15) is 18.2 Å². The summed E-state index contributed by atoms with van der Waals surface area (Å²) in [4.78, 5) is 4.00. The standard InChI is InChI=1S/C12H8NO.Sc/c1-10-6-5-9-12(13-10)14-11-7-3-2-4-8-11;/h1-7,9H;/q-1;. The molecule has 1 aromatic carbocycles. The fraction of sp³-hybridized carbons (Fsp3) is 0. The summed E-state index contributed by atoms with van der Waals surface area (Å²) in [5, 5.41) is 0. The van der Waals surface area contributed by atoms with Crippen LogP contribution in [0.25, 0.3) is 0 Å². The van der Waals surface area contributed by atoms with E-state index in [0.29, 0.717) is 17.3 Å². The first-order valence-corrected chi connectivity index (χ1v) is 4.22. The molecule has 0 saturated carbocycles. The molecular formula is C12H8NOSc-. The van der Waals surface area contributed by atoms with Crippen LogP contribution in [0.3, 0.4) is 0 Å². The quantitative estimate of drug-likeness (QED) is 0.736. The van der Waals surface area contributed by atoms with Crippen molar-refractivity contribution in [2.24, 2.45) is 0 Å². The Kier molecular flexibility index (Phi) is 4.69. The number of para-hydroxylation sites is 1. The fourth-order valence-electron chi connectivity index (χ4n) is 1.04. The number of rotatable bonds is 2. The maximum Gasteiger partial charge on any atom is 0.216 e. The molecule has 15 heavy (non-hydrogen) atoms. The summed E-state index contributed by atoms with van der Waals surface area (Å²) < 4.78 is 5.41. The van der Waals surface area contributed by atoms with Crippen molar-refractivity contribution in [3.8, 4) is 11.6 Å². The maximum absolute atomic E-state index is 5.51. The van der Waals surface area contributed by atoms with Crippen molar-refractivity contribution < 1.29 is 30.6 Å². The largest absolute Gasteiger partial charge is 0.466 e. The van der Waals surface area contributed by atoms with Gasteiger partial charge in [0, 0.05) is 50.3 Å². The maximum atomic E-state index is 5.51. The van der Waals surface area contributed by atoms with Gasteiger partial charge in [-0.05, 0) is 6.07 Å². The van der Waals surface area contributed by atoms with E-state index in [1.807, 2.05) is 18.2 Å². The summed E-state index contributed by atoms with van der Waals surface area (Å²) in [6.45, 7) is 5.51. The minimum Gasteiger partial charge on any atom is -0.466 e. The molecule has 0 aliphatic carbocycles. The van der Waals surface area contributed by atoms with Crippen LogP contribution in [0.2, 0.25) is 0 Å². The minimum absolute atomic E-state index is 0. The molecule has 0 fully saturated rings. The number of benzene rings is 1. The molecule has 0 aliphatic rings. The number of aromatic nitrogens is 1. The number of hydrogen-bond donors (Lipinski definition) is 0. The summed E-state index contributed by atoms with van der Waals surface area (Å²) in [6, 6.07) is 15.5. The SMILES string of the molecule is [CH]c1cccc(Oc2[c-]cccc2)n1.[Sc]. The van der Waals surface area contributed by atoms with Gasteiger partial charge >= 0.3 is 0 Å². The van der Waals surface area contributed by atoms with Gasteiger partial charge in [-0.3, -0.25) is 0 Å². The second-order valence-corrected chi connectivity index (χ2v) is 2.73. The van der Waals surface area contributed by atoms with Crippen molar-refractivity contribution in [1.82, 2.24) is 4.98 Å². The predicted molar refractivity (Wildman–Crippen MR) is 53.0 cm³/mol. The van der Waals surface area contributed by atoms with E-state index in [1.54, 1.807) is 24.3 Å². The molecule has 3 heteroatoms. The molecule has 1 heterocycles. The summed E-state index contributed by atoms with van der Waals surface area (Å²) in [7, 11) is 0. The van der Waals surface area contributed by atoms with Crippen molar-refractivity contribution >= 4 is 0 Å². The van der Waals surface area contributed by atoms with E-state index in [-0.39, 0.29) is 25.8 Å². The molecule has 0 spiro atoms. The van der Waals surface area contributed by atoms with Gasteiger partial charge in [0.25, 0.3) is 0 Å². The molecule has 2 nitrogen and oxygen atoms in total. The van der Waals surface area contributed by atoms with Crippen LogP contribution in [0.5, 0.6) is 11.6 Å². The summed E-state index contributed by atoms with van der Waals surface area (Å²) >= 11 is 0. The van der Waals surface area contributed by atoms with E-state index in [9.17, 15) is 0 Å². The van der Waals surface area contributed by atoms with E-state index in [0.717, 1.165) is 0 Å². The topological polar surface area (TPSA) is 22.1 Å². The third-order valence-electron chi connectivity index (χ3n) is 1.64. The first kappa shape index (κ1) is 12.1. The Hall–Kier alpha value is -0.960. The van der Waals surface area contributed by atoms with Gasteiger partial charge in [-0.1, -0.05) is 6.07 Å². The zero-order valence-corrected chi connectivity index (χ0v) is 9.85. The molecule has 0 saturated heterocycles. The molecule has 0 N–H and O–H groups in total. The van der Waals surface area contributed by atoms with Crippen LogP contribution < -0.4 is 4.74 Å². The third-order valence-corrected chi connectivity index (χ3v) is 1.64. The zero-order valence-electron chi connectivity index (χ0n) is 8.05. The van der Waals surface area contributed by atoms with Crippen molar-refractivity contribution in [2.75, 3.05) is 0 Å². The van der Waals surface area contributed by atoms with Gasteiger partial charge in [0.1, 0.15) is 0 Å². The molecule has 0 atom stereocenters.